The van der Waals surface area contributed by atoms with Crippen LogP contribution in [0.3, 0.4) is 0 Å². The van der Waals surface area contributed by atoms with E-state index in [2.05, 4.69) is 23.4 Å². The van der Waals surface area contributed by atoms with Crippen molar-refractivity contribution in [2.24, 2.45) is 4.99 Å². The predicted octanol–water partition coefficient (Wildman–Crippen LogP) is 4.17. The first-order valence-corrected chi connectivity index (χ1v) is 6.87. The fraction of sp³-hybridized carbons (Fsp3) is 0.133. The van der Waals surface area contributed by atoms with Gasteiger partial charge in [-0.3, -0.25) is 4.99 Å². The van der Waals surface area contributed by atoms with E-state index in [0.717, 1.165) is 17.0 Å². The molecule has 0 aromatic heterocycles. The average molecular weight is 257 g/mol. The van der Waals surface area contributed by atoms with Crippen LogP contribution in [0.4, 0.5) is 5.69 Å². The van der Waals surface area contributed by atoms with Crippen molar-refractivity contribution in [3.8, 4) is 5.75 Å². The van der Waals surface area contributed by atoms with Crippen LogP contribution in [0.15, 0.2) is 58.4 Å². The van der Waals surface area contributed by atoms with Gasteiger partial charge in [0.1, 0.15) is 5.75 Å². The first-order chi connectivity index (χ1) is 8.83. The van der Waals surface area contributed by atoms with Crippen LogP contribution >= 0.6 is 11.8 Å². The van der Waals surface area contributed by atoms with E-state index >= 15 is 0 Å². The predicted molar refractivity (Wildman–Crippen MR) is 78.5 cm³/mol. The fourth-order valence-corrected chi connectivity index (χ4v) is 2.06. The van der Waals surface area contributed by atoms with E-state index in [1.165, 1.54) is 4.90 Å². The molecule has 0 aliphatic rings. The Morgan fingerprint density at radius 1 is 1.11 bits per heavy atom. The van der Waals surface area contributed by atoms with Gasteiger partial charge in [-0.25, -0.2) is 0 Å². The number of ether oxygens (including phenoxy) is 1. The van der Waals surface area contributed by atoms with Crippen LogP contribution < -0.4 is 4.74 Å². The second-order valence-electron chi connectivity index (χ2n) is 3.70. The van der Waals surface area contributed by atoms with Crippen molar-refractivity contribution in [2.45, 2.75) is 4.90 Å². The maximum Gasteiger partial charge on any atom is 0.127 e. The van der Waals surface area contributed by atoms with Gasteiger partial charge in [0.05, 0.1) is 12.8 Å². The van der Waals surface area contributed by atoms with Crippen LogP contribution in [0, 0.1) is 0 Å². The highest BCUT2D eigenvalue weighted by Crippen LogP contribution is 2.22. The highest BCUT2D eigenvalue weighted by molar-refractivity contribution is 7.98. The lowest BCUT2D eigenvalue weighted by atomic mass is 10.2. The van der Waals surface area contributed by atoms with Crippen LogP contribution in [0.25, 0.3) is 0 Å². The quantitative estimate of drug-likeness (QED) is 0.605. The molecule has 0 amide bonds. The monoisotopic (exact) mass is 257 g/mol. The lowest BCUT2D eigenvalue weighted by molar-refractivity contribution is 0.414. The molecular formula is C15H15NOS. The second kappa shape index (κ2) is 6.26. The van der Waals surface area contributed by atoms with Crippen LogP contribution in [0.2, 0.25) is 0 Å². The standard InChI is InChI=1S/C15H15NOS/c1-17-15-9-4-3-6-12(15)11-16-13-7-5-8-14(10-13)18-2/h3-11H,1-2H3. The highest BCUT2D eigenvalue weighted by Gasteiger charge is 1.98. The van der Waals surface area contributed by atoms with Gasteiger partial charge in [-0.05, 0) is 36.6 Å². The maximum atomic E-state index is 5.28. The number of thioether (sulfide) groups is 1. The zero-order chi connectivity index (χ0) is 12.8. The van der Waals surface area contributed by atoms with Gasteiger partial charge in [0, 0.05) is 16.7 Å². The summed E-state index contributed by atoms with van der Waals surface area (Å²) in [5.41, 5.74) is 1.93. The minimum atomic E-state index is 0.835. The van der Waals surface area contributed by atoms with Crippen molar-refractivity contribution < 1.29 is 4.74 Å². The summed E-state index contributed by atoms with van der Waals surface area (Å²) in [6, 6.07) is 16.0. The topological polar surface area (TPSA) is 21.6 Å². The van der Waals surface area contributed by atoms with E-state index in [9.17, 15) is 0 Å². The summed E-state index contributed by atoms with van der Waals surface area (Å²) in [5, 5.41) is 0. The van der Waals surface area contributed by atoms with Gasteiger partial charge in [0.2, 0.25) is 0 Å². The molecule has 0 aliphatic carbocycles. The first kappa shape index (κ1) is 12.7. The summed E-state index contributed by atoms with van der Waals surface area (Å²) < 4.78 is 5.28. The Bertz CT molecular complexity index is 552. The highest BCUT2D eigenvalue weighted by atomic mass is 32.2. The lowest BCUT2D eigenvalue weighted by Gasteiger charge is -2.03. The third-order valence-corrected chi connectivity index (χ3v) is 3.27. The lowest BCUT2D eigenvalue weighted by Crippen LogP contribution is -1.89. The average Bonchev–Trinajstić information content (AvgIpc) is 2.45. The number of hydrogen-bond acceptors (Lipinski definition) is 3. The summed E-state index contributed by atoms with van der Waals surface area (Å²) in [5.74, 6) is 0.835. The van der Waals surface area contributed by atoms with E-state index < -0.39 is 0 Å². The molecule has 0 aliphatic heterocycles. The van der Waals surface area contributed by atoms with Crippen LogP contribution in [0.1, 0.15) is 5.56 Å². The Morgan fingerprint density at radius 2 is 1.94 bits per heavy atom. The Labute approximate surface area is 112 Å². The molecule has 3 heteroatoms. The van der Waals surface area contributed by atoms with Gasteiger partial charge in [-0.1, -0.05) is 18.2 Å². The van der Waals surface area contributed by atoms with Gasteiger partial charge in [-0.15, -0.1) is 11.8 Å². The molecule has 92 valence electrons. The summed E-state index contributed by atoms with van der Waals surface area (Å²) in [4.78, 5) is 5.69. The minimum absolute atomic E-state index is 0.835. The molecule has 0 bridgehead atoms. The molecule has 0 N–H and O–H groups in total. The molecule has 2 aromatic rings. The molecule has 18 heavy (non-hydrogen) atoms. The third-order valence-electron chi connectivity index (χ3n) is 2.54. The molecule has 2 rings (SSSR count). The van der Waals surface area contributed by atoms with E-state index in [1.807, 2.05) is 42.6 Å². The number of methoxy groups -OCH3 is 1. The number of benzene rings is 2. The van der Waals surface area contributed by atoms with Crippen molar-refractivity contribution in [1.29, 1.82) is 0 Å². The molecule has 2 aromatic carbocycles. The van der Waals surface area contributed by atoms with Crippen LogP contribution in [0.5, 0.6) is 5.75 Å². The molecular weight excluding hydrogens is 242 g/mol. The molecule has 0 saturated carbocycles. The Balaban J connectivity index is 2.24. The summed E-state index contributed by atoms with van der Waals surface area (Å²) >= 11 is 1.71. The van der Waals surface area contributed by atoms with Gasteiger partial charge in [0.25, 0.3) is 0 Å². The zero-order valence-electron chi connectivity index (χ0n) is 10.5. The van der Waals surface area contributed by atoms with Crippen LogP contribution in [-0.4, -0.2) is 19.6 Å². The molecule has 0 atom stereocenters. The zero-order valence-corrected chi connectivity index (χ0v) is 11.3. The SMILES string of the molecule is COc1ccccc1C=Nc1cccc(SC)c1. The number of hydrogen-bond donors (Lipinski definition) is 0. The second-order valence-corrected chi connectivity index (χ2v) is 4.58. The third kappa shape index (κ3) is 3.14. The van der Waals surface area contributed by atoms with Gasteiger partial charge >= 0.3 is 0 Å². The largest absolute Gasteiger partial charge is 0.496 e. The van der Waals surface area contributed by atoms with Crippen molar-refractivity contribution >= 4 is 23.7 Å². The van der Waals surface area contributed by atoms with Gasteiger partial charge in [-0.2, -0.15) is 0 Å². The van der Waals surface area contributed by atoms with Gasteiger partial charge < -0.3 is 4.74 Å². The molecule has 0 radical (unpaired) electrons. The summed E-state index contributed by atoms with van der Waals surface area (Å²) in [7, 11) is 1.67. The molecule has 0 spiro atoms. The van der Waals surface area contributed by atoms with Crippen LogP contribution in [-0.2, 0) is 0 Å². The molecule has 0 fully saturated rings. The van der Waals surface area contributed by atoms with Crippen molar-refractivity contribution in [2.75, 3.05) is 13.4 Å². The minimum Gasteiger partial charge on any atom is -0.496 e. The van der Waals surface area contributed by atoms with E-state index in [1.54, 1.807) is 18.9 Å². The maximum absolute atomic E-state index is 5.28. The molecule has 0 saturated heterocycles. The smallest absolute Gasteiger partial charge is 0.127 e. The van der Waals surface area contributed by atoms with E-state index in [-0.39, 0.29) is 0 Å². The Hall–Kier alpha value is -1.74. The Morgan fingerprint density at radius 3 is 2.72 bits per heavy atom. The van der Waals surface area contributed by atoms with Crippen molar-refractivity contribution in [3.05, 3.63) is 54.1 Å². The molecule has 0 unspecified atom stereocenters. The number of para-hydroxylation sites is 1. The number of rotatable bonds is 4. The summed E-state index contributed by atoms with van der Waals surface area (Å²) in [6.45, 7) is 0. The Kier molecular flexibility index (Phi) is 4.42. The normalized spacial score (nSPS) is 10.8. The summed E-state index contributed by atoms with van der Waals surface area (Å²) in [6.07, 6.45) is 3.89. The molecule has 2 nitrogen and oxygen atoms in total. The first-order valence-electron chi connectivity index (χ1n) is 5.64. The van der Waals surface area contributed by atoms with E-state index in [4.69, 9.17) is 4.74 Å². The van der Waals surface area contributed by atoms with E-state index in [0.29, 0.717) is 0 Å². The van der Waals surface area contributed by atoms with Gasteiger partial charge in [0.15, 0.2) is 0 Å². The van der Waals surface area contributed by atoms with Crippen molar-refractivity contribution in [3.63, 3.8) is 0 Å². The van der Waals surface area contributed by atoms with Crippen molar-refractivity contribution in [1.82, 2.24) is 0 Å². The number of nitrogens with zero attached hydrogens (tertiary/aromatic N) is 1. The fourth-order valence-electron chi connectivity index (χ4n) is 1.61. The number of aliphatic imine (C=N–C) groups is 1. The molecule has 0 heterocycles.